The first-order valence-electron chi connectivity index (χ1n) is 17.8. The summed E-state index contributed by atoms with van der Waals surface area (Å²) in [6.07, 6.45) is 5.37. The summed E-state index contributed by atoms with van der Waals surface area (Å²) in [5, 5.41) is 34.2. The molecule has 0 bridgehead atoms. The van der Waals surface area contributed by atoms with Crippen LogP contribution in [0.5, 0.6) is 0 Å². The Bertz CT molecular complexity index is 2400. The van der Waals surface area contributed by atoms with Crippen LogP contribution in [0.4, 0.5) is 11.5 Å². The minimum atomic E-state index is -0.736. The predicted octanol–water partition coefficient (Wildman–Crippen LogP) is 7.55. The van der Waals surface area contributed by atoms with Crippen LogP contribution in [0.25, 0.3) is 44.6 Å². The highest BCUT2D eigenvalue weighted by Gasteiger charge is 2.25. The molecule has 3 aromatic heterocycles. The van der Waals surface area contributed by atoms with Gasteiger partial charge in [-0.1, -0.05) is 35.9 Å². The zero-order chi connectivity index (χ0) is 36.6. The van der Waals surface area contributed by atoms with E-state index in [0.29, 0.717) is 78.1 Å². The molecule has 268 valence electrons. The number of hydrogen-bond acceptors (Lipinski definition) is 10. The first-order valence-corrected chi connectivity index (χ1v) is 18.2. The number of rotatable bonds is 9. The van der Waals surface area contributed by atoms with Crippen LogP contribution in [0.1, 0.15) is 41.5 Å². The molecule has 2 aliphatic heterocycles. The summed E-state index contributed by atoms with van der Waals surface area (Å²) >= 11 is 7.13. The molecule has 2 aliphatic rings. The summed E-state index contributed by atoms with van der Waals surface area (Å²) in [4.78, 5) is 30.1. The Morgan fingerprint density at radius 2 is 1.74 bits per heavy atom. The van der Waals surface area contributed by atoms with Gasteiger partial charge >= 0.3 is 5.97 Å². The number of carbonyl (C=O) groups is 1. The smallest absolute Gasteiger partial charge is 0.306 e. The summed E-state index contributed by atoms with van der Waals surface area (Å²) in [6, 6.07) is 21.9. The number of β-amino-alcohol motifs (C(OH)–C–C–N with tert-alkyl or cyclic N) is 1. The highest BCUT2D eigenvalue weighted by Crippen LogP contribution is 2.40. The number of oxazole rings is 1. The highest BCUT2D eigenvalue weighted by molar-refractivity contribution is 6.36. The van der Waals surface area contributed by atoms with Gasteiger partial charge in [0.15, 0.2) is 11.4 Å². The molecule has 1 unspecified atom stereocenters. The number of fused-ring (bicyclic) bond motifs is 2. The Kier molecular flexibility index (Phi) is 9.53. The van der Waals surface area contributed by atoms with Gasteiger partial charge in [0, 0.05) is 55.1 Å². The summed E-state index contributed by atoms with van der Waals surface area (Å²) in [5.74, 6) is -0.0319. The van der Waals surface area contributed by atoms with Crippen molar-refractivity contribution >= 4 is 51.1 Å². The number of nitrogens with zero attached hydrogens (tertiary/aromatic N) is 6. The third-order valence-corrected chi connectivity index (χ3v) is 10.8. The van der Waals surface area contributed by atoms with Crippen LogP contribution in [-0.4, -0.2) is 73.2 Å². The number of aromatic nitrogens is 3. The molecule has 3 N–H and O–H groups in total. The standard InChI is InChI=1S/C41H38ClN7O4/c1-24-31(4-2-5-32(24)40-47-35-18-25(16-29(19-43)38(35)53-40)21-48-13-9-27(10-14-48)41(51)52)33-6-3-7-34(36(33)42)46-39-37-28(8-12-44-39)17-26(20-45-37)22-49-15-11-30(50)23-49/h2-8,12,16-18,20,27,30,50H,9-11,13-15,21-23H2,1H3,(H,44,46)(H,51,52). The quantitative estimate of drug-likeness (QED) is 0.135. The zero-order valence-corrected chi connectivity index (χ0v) is 30.0. The summed E-state index contributed by atoms with van der Waals surface area (Å²) in [5.41, 5.74) is 8.31. The lowest BCUT2D eigenvalue weighted by atomic mass is 9.96. The molecule has 53 heavy (non-hydrogen) atoms. The molecule has 0 amide bonds. The van der Waals surface area contributed by atoms with Gasteiger partial charge in [0.1, 0.15) is 17.1 Å². The molecule has 0 aliphatic carbocycles. The van der Waals surface area contributed by atoms with E-state index < -0.39 is 5.97 Å². The van der Waals surface area contributed by atoms with Crippen LogP contribution < -0.4 is 5.32 Å². The van der Waals surface area contributed by atoms with Crippen LogP contribution in [0.2, 0.25) is 5.02 Å². The minimum Gasteiger partial charge on any atom is -0.481 e. The van der Waals surface area contributed by atoms with Gasteiger partial charge in [0.2, 0.25) is 5.89 Å². The largest absolute Gasteiger partial charge is 0.481 e. The number of carboxylic acids is 1. The number of hydrogen-bond donors (Lipinski definition) is 3. The van der Waals surface area contributed by atoms with Gasteiger partial charge < -0.3 is 19.9 Å². The van der Waals surface area contributed by atoms with Gasteiger partial charge in [0.05, 0.1) is 28.3 Å². The maximum Gasteiger partial charge on any atom is 0.306 e. The molecule has 1 atom stereocenters. The van der Waals surface area contributed by atoms with Crippen molar-refractivity contribution in [2.75, 3.05) is 31.5 Å². The number of likely N-dealkylation sites (tertiary alicyclic amines) is 2. The molecule has 11 nitrogen and oxygen atoms in total. The van der Waals surface area contributed by atoms with Gasteiger partial charge in [-0.3, -0.25) is 19.6 Å². The average Bonchev–Trinajstić information content (AvgIpc) is 3.78. The average molecular weight is 728 g/mol. The van der Waals surface area contributed by atoms with E-state index in [1.807, 2.05) is 67.7 Å². The molecule has 6 aromatic rings. The first kappa shape index (κ1) is 34.7. The van der Waals surface area contributed by atoms with Crippen molar-refractivity contribution in [1.82, 2.24) is 24.8 Å². The Morgan fingerprint density at radius 3 is 2.51 bits per heavy atom. The summed E-state index contributed by atoms with van der Waals surface area (Å²) < 4.78 is 6.27. The zero-order valence-electron chi connectivity index (χ0n) is 29.2. The molecular weight excluding hydrogens is 690 g/mol. The fourth-order valence-electron chi connectivity index (χ4n) is 7.60. The molecule has 8 rings (SSSR count). The number of aliphatic hydroxyl groups is 1. The van der Waals surface area contributed by atoms with Crippen molar-refractivity contribution in [3.05, 3.63) is 100 Å². The van der Waals surface area contributed by atoms with Crippen molar-refractivity contribution < 1.29 is 19.4 Å². The molecule has 0 saturated carbocycles. The molecule has 5 heterocycles. The van der Waals surface area contributed by atoms with Crippen molar-refractivity contribution in [3.63, 3.8) is 0 Å². The third kappa shape index (κ3) is 7.06. The first-order chi connectivity index (χ1) is 25.7. The maximum atomic E-state index is 11.4. The molecule has 2 saturated heterocycles. The molecule has 3 aromatic carbocycles. The van der Waals surface area contributed by atoms with Gasteiger partial charge in [-0.05, 0) is 97.9 Å². The van der Waals surface area contributed by atoms with Gasteiger partial charge in [-0.15, -0.1) is 0 Å². The maximum absolute atomic E-state index is 11.4. The topological polar surface area (TPSA) is 152 Å². The minimum absolute atomic E-state index is 0.266. The van der Waals surface area contributed by atoms with E-state index in [1.165, 1.54) is 0 Å². The van der Waals surface area contributed by atoms with Crippen molar-refractivity contribution in [2.45, 2.75) is 45.4 Å². The van der Waals surface area contributed by atoms with E-state index in [-0.39, 0.29) is 12.0 Å². The molecule has 0 radical (unpaired) electrons. The van der Waals surface area contributed by atoms with Crippen LogP contribution in [-0.2, 0) is 17.9 Å². The Labute approximate surface area is 311 Å². The Hall–Kier alpha value is -5.38. The van der Waals surface area contributed by atoms with E-state index in [1.54, 1.807) is 6.20 Å². The number of aliphatic carboxylic acids is 1. The lowest BCUT2D eigenvalue weighted by Crippen LogP contribution is -2.35. The van der Waals surface area contributed by atoms with E-state index in [4.69, 9.17) is 26.0 Å². The second-order valence-corrected chi connectivity index (χ2v) is 14.4. The normalized spacial score (nSPS) is 17.1. The SMILES string of the molecule is Cc1c(-c2nc3cc(CN4CCC(C(=O)O)CC4)cc(C#N)c3o2)cccc1-c1cccc(Nc2nccc3cc(CN4CCC(O)C4)cnc23)c1Cl. The van der Waals surface area contributed by atoms with Crippen LogP contribution in [0.3, 0.4) is 0 Å². The van der Waals surface area contributed by atoms with Crippen LogP contribution in [0.15, 0.2) is 77.5 Å². The van der Waals surface area contributed by atoms with E-state index in [9.17, 15) is 20.3 Å². The predicted molar refractivity (Wildman–Crippen MR) is 204 cm³/mol. The second kappa shape index (κ2) is 14.6. The van der Waals surface area contributed by atoms with Gasteiger partial charge in [-0.25, -0.2) is 9.97 Å². The molecule has 2 fully saturated rings. The van der Waals surface area contributed by atoms with Crippen molar-refractivity contribution in [3.8, 4) is 28.7 Å². The third-order valence-electron chi connectivity index (χ3n) is 10.4. The van der Waals surface area contributed by atoms with Gasteiger partial charge in [-0.2, -0.15) is 5.26 Å². The number of pyridine rings is 2. The van der Waals surface area contributed by atoms with Crippen molar-refractivity contribution in [2.24, 2.45) is 5.92 Å². The summed E-state index contributed by atoms with van der Waals surface area (Å²) in [7, 11) is 0. The monoisotopic (exact) mass is 727 g/mol. The van der Waals surface area contributed by atoms with E-state index >= 15 is 0 Å². The molecule has 0 spiro atoms. The van der Waals surface area contributed by atoms with E-state index in [0.717, 1.165) is 63.8 Å². The number of benzene rings is 3. The summed E-state index contributed by atoms with van der Waals surface area (Å²) in [6.45, 7) is 6.27. The van der Waals surface area contributed by atoms with Crippen LogP contribution >= 0.6 is 11.6 Å². The van der Waals surface area contributed by atoms with Crippen molar-refractivity contribution in [1.29, 1.82) is 5.26 Å². The van der Waals surface area contributed by atoms with E-state index in [2.05, 4.69) is 32.2 Å². The fourth-order valence-corrected chi connectivity index (χ4v) is 7.87. The Morgan fingerprint density at radius 1 is 0.981 bits per heavy atom. The Balaban J connectivity index is 1.05. The lowest BCUT2D eigenvalue weighted by molar-refractivity contribution is -0.143. The number of anilines is 2. The fraction of sp³-hybridized carbons (Fsp3) is 0.293. The molecular formula is C41H38ClN7O4. The lowest BCUT2D eigenvalue weighted by Gasteiger charge is -2.30. The van der Waals surface area contributed by atoms with Crippen LogP contribution in [0, 0.1) is 24.2 Å². The number of nitriles is 1. The number of piperidine rings is 1. The molecule has 12 heteroatoms. The second-order valence-electron chi connectivity index (χ2n) is 14.0. The number of nitrogens with one attached hydrogen (secondary N) is 1. The number of halogens is 1. The number of aliphatic hydroxyl groups excluding tert-OH is 1. The highest BCUT2D eigenvalue weighted by atomic mass is 35.5. The number of carboxylic acid groups (broad SMARTS) is 1. The van der Waals surface area contributed by atoms with Gasteiger partial charge in [0.25, 0.3) is 0 Å².